The quantitative estimate of drug-likeness (QED) is 0.111. The van der Waals surface area contributed by atoms with Gasteiger partial charge in [-0.3, -0.25) is 4.79 Å². The average Bonchev–Trinajstić information content (AvgIpc) is 2.89. The maximum Gasteiger partial charge on any atom is 0.333 e. The van der Waals surface area contributed by atoms with Gasteiger partial charge in [0.25, 0.3) is 0 Å². The number of hydrogen-bond acceptors (Lipinski definition) is 4. The van der Waals surface area contributed by atoms with Crippen molar-refractivity contribution in [3.05, 3.63) is 59.7 Å². The minimum atomic E-state index is -0.401. The molecule has 1 aliphatic carbocycles. The van der Waals surface area contributed by atoms with E-state index in [-0.39, 0.29) is 19.1 Å². The zero-order valence-corrected chi connectivity index (χ0v) is 24.0. The monoisotopic (exact) mass is 512 g/mol. The van der Waals surface area contributed by atoms with Gasteiger partial charge in [0.15, 0.2) is 0 Å². The zero-order valence-electron chi connectivity index (χ0n) is 24.0. The first-order valence-corrected chi connectivity index (χ1v) is 14.4. The van der Waals surface area contributed by atoms with E-state index in [0.717, 1.165) is 24.2 Å². The van der Waals surface area contributed by atoms with Crippen LogP contribution in [0.25, 0.3) is 0 Å². The SMILES string of the molecule is C=C(C)C(=O)OCC(CO)c1ccc(C2CCC(CCCCCCC)CC2)cc1.C=C(C=O)CC(C)C. The number of carbonyl (C=O) groups is 2. The van der Waals surface area contributed by atoms with Gasteiger partial charge in [0.2, 0.25) is 0 Å². The molecule has 1 aromatic rings. The van der Waals surface area contributed by atoms with Crippen LogP contribution in [-0.4, -0.2) is 30.6 Å². The maximum absolute atomic E-state index is 11.6. The molecular formula is C33H52O4. The summed E-state index contributed by atoms with van der Waals surface area (Å²) in [5.41, 5.74) is 3.51. The molecule has 0 aromatic heterocycles. The molecule has 37 heavy (non-hydrogen) atoms. The number of ether oxygens (including phenoxy) is 1. The standard InChI is InChI=1S/C26H40O3.C7H12O/c1-4-5-6-7-8-9-21-10-12-22(13-11-21)23-14-16-24(17-15-23)25(18-27)19-29-26(28)20(2)3;1-6(2)4-7(3)5-8/h14-17,21-22,25,27H,2,4-13,18-19H2,1,3H3;5-6H,3-4H2,1-2H3. The minimum absolute atomic E-state index is 0.0355. The molecule has 0 amide bonds. The van der Waals surface area contributed by atoms with Gasteiger partial charge in [-0.15, -0.1) is 0 Å². The highest BCUT2D eigenvalue weighted by atomic mass is 16.5. The molecule has 1 fully saturated rings. The number of rotatable bonds is 15. The molecule has 4 nitrogen and oxygen atoms in total. The second kappa shape index (κ2) is 19.0. The number of esters is 1. The molecular weight excluding hydrogens is 460 g/mol. The van der Waals surface area contributed by atoms with Gasteiger partial charge in [-0.2, -0.15) is 0 Å². The molecule has 0 radical (unpaired) electrons. The van der Waals surface area contributed by atoms with Crippen molar-refractivity contribution >= 4 is 12.3 Å². The average molecular weight is 513 g/mol. The van der Waals surface area contributed by atoms with E-state index in [1.807, 2.05) is 0 Å². The van der Waals surface area contributed by atoms with Crippen LogP contribution in [0, 0.1) is 11.8 Å². The number of aldehydes is 1. The third kappa shape index (κ3) is 13.8. The van der Waals surface area contributed by atoms with Crippen molar-refractivity contribution in [2.24, 2.45) is 11.8 Å². The predicted octanol–water partition coefficient (Wildman–Crippen LogP) is 8.30. The summed E-state index contributed by atoms with van der Waals surface area (Å²) in [4.78, 5) is 21.5. The lowest BCUT2D eigenvalue weighted by Gasteiger charge is -2.29. The van der Waals surface area contributed by atoms with Crippen LogP contribution in [-0.2, 0) is 14.3 Å². The highest BCUT2D eigenvalue weighted by Crippen LogP contribution is 2.38. The molecule has 1 aromatic carbocycles. The number of aliphatic hydroxyl groups is 1. The Labute approximate surface area is 226 Å². The Morgan fingerprint density at radius 2 is 1.68 bits per heavy atom. The van der Waals surface area contributed by atoms with E-state index in [2.05, 4.69) is 58.2 Å². The number of unbranched alkanes of at least 4 members (excludes halogenated alkanes) is 4. The molecule has 0 heterocycles. The van der Waals surface area contributed by atoms with Gasteiger partial charge in [-0.25, -0.2) is 4.79 Å². The summed E-state index contributed by atoms with van der Waals surface area (Å²) in [6, 6.07) is 8.58. The van der Waals surface area contributed by atoms with Crippen molar-refractivity contribution in [2.75, 3.05) is 13.2 Å². The van der Waals surface area contributed by atoms with Crippen LogP contribution in [0.4, 0.5) is 0 Å². The van der Waals surface area contributed by atoms with Gasteiger partial charge in [0.1, 0.15) is 12.9 Å². The highest BCUT2D eigenvalue weighted by Gasteiger charge is 2.22. The highest BCUT2D eigenvalue weighted by molar-refractivity contribution is 5.86. The van der Waals surface area contributed by atoms with Crippen LogP contribution in [0.3, 0.4) is 0 Å². The second-order valence-electron chi connectivity index (χ2n) is 11.2. The van der Waals surface area contributed by atoms with E-state index in [0.29, 0.717) is 23.0 Å². The second-order valence-corrected chi connectivity index (χ2v) is 11.2. The van der Waals surface area contributed by atoms with Crippen LogP contribution in [0.2, 0.25) is 0 Å². The van der Waals surface area contributed by atoms with Crippen molar-refractivity contribution < 1.29 is 19.4 Å². The fourth-order valence-electron chi connectivity index (χ4n) is 4.99. The molecule has 1 aliphatic rings. The molecule has 0 bridgehead atoms. The topological polar surface area (TPSA) is 63.6 Å². The molecule has 1 saturated carbocycles. The van der Waals surface area contributed by atoms with Crippen LogP contribution < -0.4 is 0 Å². The van der Waals surface area contributed by atoms with E-state index >= 15 is 0 Å². The summed E-state index contributed by atoms with van der Waals surface area (Å²) in [6.07, 6.45) is 15.3. The summed E-state index contributed by atoms with van der Waals surface area (Å²) in [7, 11) is 0. The van der Waals surface area contributed by atoms with Crippen molar-refractivity contribution in [1.82, 2.24) is 0 Å². The van der Waals surface area contributed by atoms with Gasteiger partial charge in [0, 0.05) is 11.5 Å². The third-order valence-electron chi connectivity index (χ3n) is 7.26. The molecule has 1 N–H and O–H groups in total. The Balaban J connectivity index is 0.000000738. The number of carbonyl (C=O) groups excluding carboxylic acids is 2. The first kappa shape index (κ1) is 32.8. The lowest BCUT2D eigenvalue weighted by molar-refractivity contribution is -0.139. The minimum Gasteiger partial charge on any atom is -0.462 e. The normalized spacial score (nSPS) is 17.9. The Morgan fingerprint density at radius 3 is 2.16 bits per heavy atom. The molecule has 1 atom stereocenters. The van der Waals surface area contributed by atoms with Crippen LogP contribution in [0.15, 0.2) is 48.6 Å². The van der Waals surface area contributed by atoms with Gasteiger partial charge in [-0.05, 0) is 73.5 Å². The van der Waals surface area contributed by atoms with E-state index in [1.165, 1.54) is 69.8 Å². The van der Waals surface area contributed by atoms with Crippen LogP contribution in [0.1, 0.15) is 121 Å². The van der Waals surface area contributed by atoms with Crippen LogP contribution in [0.5, 0.6) is 0 Å². The van der Waals surface area contributed by atoms with E-state index in [1.54, 1.807) is 6.92 Å². The predicted molar refractivity (Wildman–Crippen MR) is 155 cm³/mol. The molecule has 0 saturated heterocycles. The van der Waals surface area contributed by atoms with Crippen LogP contribution >= 0.6 is 0 Å². The van der Waals surface area contributed by atoms with E-state index in [9.17, 15) is 14.7 Å². The summed E-state index contributed by atoms with van der Waals surface area (Å²) in [5, 5.41) is 9.68. The summed E-state index contributed by atoms with van der Waals surface area (Å²) in [6.45, 7) is 15.3. The number of hydrogen-bond donors (Lipinski definition) is 1. The summed E-state index contributed by atoms with van der Waals surface area (Å²) < 4.78 is 5.22. The van der Waals surface area contributed by atoms with Gasteiger partial charge in [-0.1, -0.05) is 96.7 Å². The largest absolute Gasteiger partial charge is 0.462 e. The molecule has 208 valence electrons. The Hall–Kier alpha value is -2.20. The molecule has 4 heteroatoms. The summed E-state index contributed by atoms with van der Waals surface area (Å²) >= 11 is 0. The molecule has 0 spiro atoms. The van der Waals surface area contributed by atoms with Crippen molar-refractivity contribution in [2.45, 2.75) is 110 Å². The number of allylic oxidation sites excluding steroid dienone is 1. The molecule has 2 rings (SSSR count). The molecule has 1 unspecified atom stereocenters. The van der Waals surface area contributed by atoms with Gasteiger partial charge in [0.05, 0.1) is 6.61 Å². The molecule has 0 aliphatic heterocycles. The Bertz CT molecular complexity index is 800. The number of aliphatic hydroxyl groups excluding tert-OH is 1. The number of benzene rings is 1. The lowest BCUT2D eigenvalue weighted by Crippen LogP contribution is -2.16. The van der Waals surface area contributed by atoms with E-state index < -0.39 is 5.97 Å². The maximum atomic E-state index is 11.6. The Kier molecular flexibility index (Phi) is 16.8. The Morgan fingerprint density at radius 1 is 1.05 bits per heavy atom. The summed E-state index contributed by atoms with van der Waals surface area (Å²) in [5.74, 6) is 1.55. The fraction of sp³-hybridized carbons (Fsp3) is 0.636. The van der Waals surface area contributed by atoms with Gasteiger partial charge < -0.3 is 9.84 Å². The van der Waals surface area contributed by atoms with Gasteiger partial charge >= 0.3 is 5.97 Å². The van der Waals surface area contributed by atoms with E-state index in [4.69, 9.17) is 4.74 Å². The zero-order chi connectivity index (χ0) is 27.6. The fourth-order valence-corrected chi connectivity index (χ4v) is 4.99. The first-order chi connectivity index (χ1) is 17.7. The van der Waals surface area contributed by atoms with Crippen molar-refractivity contribution in [3.8, 4) is 0 Å². The van der Waals surface area contributed by atoms with Crippen molar-refractivity contribution in [1.29, 1.82) is 0 Å². The van der Waals surface area contributed by atoms with Crippen molar-refractivity contribution in [3.63, 3.8) is 0 Å². The first-order valence-electron chi connectivity index (χ1n) is 14.4. The third-order valence-corrected chi connectivity index (χ3v) is 7.26. The lowest BCUT2D eigenvalue weighted by atomic mass is 9.77. The smallest absolute Gasteiger partial charge is 0.333 e.